The zero-order valence-electron chi connectivity index (χ0n) is 15.8. The van der Waals surface area contributed by atoms with Crippen LogP contribution in [0.4, 0.5) is 0 Å². The molecule has 1 saturated heterocycles. The van der Waals surface area contributed by atoms with Gasteiger partial charge in [0.1, 0.15) is 18.1 Å². The molecule has 148 valence electrons. The van der Waals surface area contributed by atoms with Crippen molar-refractivity contribution in [3.63, 3.8) is 0 Å². The number of hydrogen-bond acceptors (Lipinski definition) is 5. The number of imidazole rings is 1. The van der Waals surface area contributed by atoms with E-state index in [1.54, 1.807) is 46.1 Å². The van der Waals surface area contributed by atoms with E-state index in [2.05, 4.69) is 4.98 Å². The van der Waals surface area contributed by atoms with E-state index in [0.29, 0.717) is 24.4 Å². The van der Waals surface area contributed by atoms with Crippen LogP contribution in [0.3, 0.4) is 0 Å². The molecule has 1 aromatic heterocycles. The van der Waals surface area contributed by atoms with Crippen molar-refractivity contribution in [3.8, 4) is 5.75 Å². The summed E-state index contributed by atoms with van der Waals surface area (Å²) in [6.45, 7) is 2.71. The molecular weight excluding hydrogens is 360 g/mol. The molecule has 8 nitrogen and oxygen atoms in total. The number of nitrogens with two attached hydrogens (primary N) is 1. The maximum absolute atomic E-state index is 12.6. The lowest BCUT2D eigenvalue weighted by Crippen LogP contribution is -2.42. The first-order valence-corrected chi connectivity index (χ1v) is 9.25. The minimum atomic E-state index is -0.424. The highest BCUT2D eigenvalue weighted by molar-refractivity contribution is 5.94. The van der Waals surface area contributed by atoms with E-state index in [-0.39, 0.29) is 30.8 Å². The molecule has 1 aromatic carbocycles. The van der Waals surface area contributed by atoms with Crippen LogP contribution in [0.5, 0.6) is 5.75 Å². The van der Waals surface area contributed by atoms with Crippen LogP contribution in [0.15, 0.2) is 36.7 Å². The van der Waals surface area contributed by atoms with Gasteiger partial charge in [-0.1, -0.05) is 0 Å². The van der Waals surface area contributed by atoms with Crippen molar-refractivity contribution >= 4 is 17.6 Å². The number of carbonyl (C=O) groups is 3. The fourth-order valence-electron chi connectivity index (χ4n) is 3.42. The lowest BCUT2D eigenvalue weighted by Gasteiger charge is -2.32. The van der Waals surface area contributed by atoms with Gasteiger partial charge in [0.05, 0.1) is 0 Å². The number of primary amides is 1. The second-order valence-corrected chi connectivity index (χ2v) is 6.93. The van der Waals surface area contributed by atoms with E-state index in [1.807, 2.05) is 0 Å². The molecule has 1 aliphatic heterocycles. The Morgan fingerprint density at radius 2 is 2.00 bits per heavy atom. The average Bonchev–Trinajstić information content (AvgIpc) is 3.14. The summed E-state index contributed by atoms with van der Waals surface area (Å²) in [5, 5.41) is 0. The van der Waals surface area contributed by atoms with Crippen molar-refractivity contribution in [2.45, 2.75) is 32.2 Å². The molecule has 0 aliphatic carbocycles. The van der Waals surface area contributed by atoms with Gasteiger partial charge in [-0.15, -0.1) is 0 Å². The van der Waals surface area contributed by atoms with Crippen LogP contribution in [0.25, 0.3) is 0 Å². The summed E-state index contributed by atoms with van der Waals surface area (Å²) in [4.78, 5) is 41.2. The molecule has 3 rings (SSSR count). The maximum atomic E-state index is 12.6. The Balaban J connectivity index is 1.58. The number of rotatable bonds is 7. The SMILES string of the molecule is CC(=O)c1ccc(OCC(=O)N2CCC[C@H](c3nccn3CC(N)=O)C2)cc1. The largest absolute Gasteiger partial charge is 0.484 e. The number of amides is 2. The molecule has 2 heterocycles. The van der Waals surface area contributed by atoms with Crippen LogP contribution in [-0.4, -0.2) is 51.7 Å². The molecule has 2 amide bonds. The molecule has 0 bridgehead atoms. The van der Waals surface area contributed by atoms with E-state index < -0.39 is 5.91 Å². The highest BCUT2D eigenvalue weighted by Gasteiger charge is 2.27. The average molecular weight is 384 g/mol. The summed E-state index contributed by atoms with van der Waals surface area (Å²) in [5.41, 5.74) is 5.89. The highest BCUT2D eigenvalue weighted by atomic mass is 16.5. The van der Waals surface area contributed by atoms with Gasteiger partial charge >= 0.3 is 0 Å². The van der Waals surface area contributed by atoms with Gasteiger partial charge in [-0.2, -0.15) is 0 Å². The van der Waals surface area contributed by atoms with E-state index in [9.17, 15) is 14.4 Å². The topological polar surface area (TPSA) is 108 Å². The Kier molecular flexibility index (Phi) is 6.08. The fraction of sp³-hybridized carbons (Fsp3) is 0.400. The molecule has 8 heteroatoms. The van der Waals surface area contributed by atoms with Crippen molar-refractivity contribution < 1.29 is 19.1 Å². The third-order valence-corrected chi connectivity index (χ3v) is 4.84. The van der Waals surface area contributed by atoms with Gasteiger partial charge in [-0.05, 0) is 44.0 Å². The van der Waals surface area contributed by atoms with Crippen molar-refractivity contribution in [2.24, 2.45) is 5.73 Å². The van der Waals surface area contributed by atoms with Gasteiger partial charge in [0.25, 0.3) is 5.91 Å². The van der Waals surface area contributed by atoms with Crippen LogP contribution in [0.2, 0.25) is 0 Å². The van der Waals surface area contributed by atoms with Crippen molar-refractivity contribution in [1.82, 2.24) is 14.5 Å². The van der Waals surface area contributed by atoms with E-state index in [0.717, 1.165) is 18.7 Å². The third-order valence-electron chi connectivity index (χ3n) is 4.84. The maximum Gasteiger partial charge on any atom is 0.260 e. The molecule has 0 radical (unpaired) electrons. The Morgan fingerprint density at radius 3 is 2.68 bits per heavy atom. The summed E-state index contributed by atoms with van der Waals surface area (Å²) >= 11 is 0. The molecule has 1 aliphatic rings. The normalized spacial score (nSPS) is 16.6. The molecule has 0 saturated carbocycles. The second-order valence-electron chi connectivity index (χ2n) is 6.93. The summed E-state index contributed by atoms with van der Waals surface area (Å²) < 4.78 is 7.32. The quantitative estimate of drug-likeness (QED) is 0.725. The molecular formula is C20H24N4O4. The zero-order chi connectivity index (χ0) is 20.1. The fourth-order valence-corrected chi connectivity index (χ4v) is 3.42. The Hall–Kier alpha value is -3.16. The standard InChI is InChI=1S/C20H24N4O4/c1-14(25)15-4-6-17(7-5-15)28-13-19(27)23-9-2-3-16(11-23)20-22-8-10-24(20)12-18(21)26/h4-8,10,16H,2-3,9,11-13H2,1H3,(H2,21,26)/t16-/m0/s1. The molecule has 28 heavy (non-hydrogen) atoms. The number of Topliss-reactive ketones (excluding diaryl/α,β-unsaturated/α-hetero) is 1. The van der Waals surface area contributed by atoms with E-state index in [4.69, 9.17) is 10.5 Å². The monoisotopic (exact) mass is 384 g/mol. The van der Waals surface area contributed by atoms with Crippen molar-refractivity contribution in [1.29, 1.82) is 0 Å². The van der Waals surface area contributed by atoms with Gasteiger partial charge < -0.3 is 19.9 Å². The first-order chi connectivity index (χ1) is 13.4. The number of nitrogens with zero attached hydrogens (tertiary/aromatic N) is 3. The second kappa shape index (κ2) is 8.69. The number of carbonyl (C=O) groups excluding carboxylic acids is 3. The first kappa shape index (κ1) is 19.6. The summed E-state index contributed by atoms with van der Waals surface area (Å²) in [7, 11) is 0. The molecule has 1 atom stereocenters. The van der Waals surface area contributed by atoms with Crippen LogP contribution >= 0.6 is 0 Å². The van der Waals surface area contributed by atoms with Crippen LogP contribution in [0, 0.1) is 0 Å². The minimum absolute atomic E-state index is 0.0170. The Morgan fingerprint density at radius 1 is 1.25 bits per heavy atom. The summed E-state index contributed by atoms with van der Waals surface area (Å²) in [6.07, 6.45) is 5.13. The molecule has 0 spiro atoms. The van der Waals surface area contributed by atoms with Gasteiger partial charge in [-0.25, -0.2) is 4.98 Å². The van der Waals surface area contributed by atoms with Crippen LogP contribution < -0.4 is 10.5 Å². The first-order valence-electron chi connectivity index (χ1n) is 9.25. The smallest absolute Gasteiger partial charge is 0.260 e. The number of ether oxygens (including phenoxy) is 1. The van der Waals surface area contributed by atoms with Gasteiger partial charge in [0, 0.05) is 37.0 Å². The number of piperidine rings is 1. The lowest BCUT2D eigenvalue weighted by atomic mass is 9.97. The number of aromatic nitrogens is 2. The predicted octanol–water partition coefficient (Wildman–Crippen LogP) is 1.36. The predicted molar refractivity (Wildman–Crippen MR) is 102 cm³/mol. The minimum Gasteiger partial charge on any atom is -0.484 e. The van der Waals surface area contributed by atoms with E-state index in [1.165, 1.54) is 6.92 Å². The van der Waals surface area contributed by atoms with Gasteiger partial charge in [0.15, 0.2) is 12.4 Å². The van der Waals surface area contributed by atoms with Crippen molar-refractivity contribution in [2.75, 3.05) is 19.7 Å². The summed E-state index contributed by atoms with van der Waals surface area (Å²) in [6, 6.07) is 6.72. The summed E-state index contributed by atoms with van der Waals surface area (Å²) in [5.74, 6) is 0.833. The molecule has 1 fully saturated rings. The highest BCUT2D eigenvalue weighted by Crippen LogP contribution is 2.26. The Bertz CT molecular complexity index is 859. The molecule has 2 aromatic rings. The van der Waals surface area contributed by atoms with Gasteiger partial charge in [0.2, 0.25) is 5.91 Å². The Labute approximate surface area is 163 Å². The van der Waals surface area contributed by atoms with Crippen LogP contribution in [-0.2, 0) is 16.1 Å². The van der Waals surface area contributed by atoms with Crippen molar-refractivity contribution in [3.05, 3.63) is 48.0 Å². The van der Waals surface area contributed by atoms with E-state index >= 15 is 0 Å². The zero-order valence-corrected chi connectivity index (χ0v) is 15.8. The third kappa shape index (κ3) is 4.76. The van der Waals surface area contributed by atoms with Gasteiger partial charge in [-0.3, -0.25) is 14.4 Å². The molecule has 0 unspecified atom stereocenters. The number of benzene rings is 1. The number of ketones is 1. The number of likely N-dealkylation sites (tertiary alicyclic amines) is 1. The lowest BCUT2D eigenvalue weighted by molar-refractivity contribution is -0.134. The number of hydrogen-bond donors (Lipinski definition) is 1. The van der Waals surface area contributed by atoms with Crippen LogP contribution in [0.1, 0.15) is 41.9 Å². The molecule has 2 N–H and O–H groups in total.